The summed E-state index contributed by atoms with van der Waals surface area (Å²) in [5.74, 6) is 1.69. The van der Waals surface area contributed by atoms with E-state index in [0.717, 1.165) is 37.6 Å². The molecule has 136 valence electrons. The van der Waals surface area contributed by atoms with E-state index < -0.39 is 0 Å². The second-order valence-corrected chi connectivity index (χ2v) is 5.55. The molecule has 3 N–H and O–H groups in total. The molecule has 2 aromatic rings. The van der Waals surface area contributed by atoms with Gasteiger partial charge >= 0.3 is 0 Å². The largest absolute Gasteiger partial charge is 0.508 e. The molecule has 0 amide bonds. The van der Waals surface area contributed by atoms with E-state index in [1.807, 2.05) is 36.0 Å². The van der Waals surface area contributed by atoms with Crippen molar-refractivity contribution in [3.63, 3.8) is 0 Å². The lowest BCUT2D eigenvalue weighted by molar-refractivity contribution is 0.406. The van der Waals surface area contributed by atoms with Gasteiger partial charge < -0.3 is 20.5 Å². The van der Waals surface area contributed by atoms with Crippen LogP contribution in [0, 0.1) is 0 Å². The van der Waals surface area contributed by atoms with Gasteiger partial charge in [-0.25, -0.2) is 0 Å². The van der Waals surface area contributed by atoms with Crippen LogP contribution >= 0.6 is 0 Å². The summed E-state index contributed by atoms with van der Waals surface area (Å²) in [5.41, 5.74) is 0.878. The Balaban J connectivity index is 1.77. The molecule has 2 rings (SSSR count). The minimum atomic E-state index is 0.252. The van der Waals surface area contributed by atoms with Crippen LogP contribution in [0.5, 0.6) is 11.5 Å². The van der Waals surface area contributed by atoms with Crippen LogP contribution in [0.25, 0.3) is 0 Å². The maximum absolute atomic E-state index is 9.99. The predicted molar refractivity (Wildman–Crippen MR) is 99.2 cm³/mol. The summed E-state index contributed by atoms with van der Waals surface area (Å²) in [4.78, 5) is 4.56. The van der Waals surface area contributed by atoms with Gasteiger partial charge in [0.05, 0.1) is 7.11 Å². The molecule has 0 radical (unpaired) electrons. The van der Waals surface area contributed by atoms with Crippen LogP contribution in [-0.4, -0.2) is 47.6 Å². The Kier molecular flexibility index (Phi) is 7.62. The van der Waals surface area contributed by atoms with Gasteiger partial charge in [0.25, 0.3) is 0 Å². The number of benzene rings is 1. The fourth-order valence-corrected chi connectivity index (χ4v) is 2.40. The smallest absolute Gasteiger partial charge is 0.191 e. The van der Waals surface area contributed by atoms with Gasteiger partial charge in [-0.2, -0.15) is 5.10 Å². The van der Waals surface area contributed by atoms with Crippen LogP contribution in [0.15, 0.2) is 41.7 Å². The Labute approximate surface area is 148 Å². The summed E-state index contributed by atoms with van der Waals surface area (Å²) in [6, 6.07) is 7.28. The summed E-state index contributed by atoms with van der Waals surface area (Å²) in [5, 5.41) is 20.7. The fourth-order valence-electron chi connectivity index (χ4n) is 2.40. The molecule has 7 heteroatoms. The van der Waals surface area contributed by atoms with Gasteiger partial charge in [-0.05, 0) is 37.5 Å². The SMILES string of the molecule is CCNC(=NCCCn1cccn1)NCCc1ccc(OC)cc1O. The molecule has 1 aromatic carbocycles. The second-order valence-electron chi connectivity index (χ2n) is 5.55. The standard InChI is InChI=1S/C18H27N5O2/c1-3-19-18(20-9-4-12-23-13-5-10-22-23)21-11-8-15-6-7-16(25-2)14-17(15)24/h5-7,10,13-14,24H,3-4,8-9,11-12H2,1-2H3,(H2,19,20,21). The molecule has 0 aliphatic rings. The van der Waals surface area contributed by atoms with E-state index in [9.17, 15) is 5.11 Å². The number of nitrogens with one attached hydrogen (secondary N) is 2. The van der Waals surface area contributed by atoms with Crippen molar-refractivity contribution >= 4 is 5.96 Å². The highest BCUT2D eigenvalue weighted by Crippen LogP contribution is 2.23. The maximum atomic E-state index is 9.99. The topological polar surface area (TPSA) is 83.7 Å². The van der Waals surface area contributed by atoms with Gasteiger partial charge in [0.1, 0.15) is 11.5 Å². The summed E-state index contributed by atoms with van der Waals surface area (Å²) in [6.45, 7) is 5.11. The van der Waals surface area contributed by atoms with Crippen LogP contribution in [0.3, 0.4) is 0 Å². The van der Waals surface area contributed by atoms with Crippen LogP contribution in [0.1, 0.15) is 18.9 Å². The summed E-state index contributed by atoms with van der Waals surface area (Å²) in [6.07, 6.45) is 5.36. The van der Waals surface area contributed by atoms with Crippen LogP contribution < -0.4 is 15.4 Å². The number of aliphatic imine (C=N–C) groups is 1. The molecular formula is C18H27N5O2. The average molecular weight is 345 g/mol. The number of guanidine groups is 1. The predicted octanol–water partition coefficient (Wildman–Crippen LogP) is 1.79. The fraction of sp³-hybridized carbons (Fsp3) is 0.444. The molecule has 0 spiro atoms. The molecule has 1 aromatic heterocycles. The monoisotopic (exact) mass is 345 g/mol. The number of nitrogens with zero attached hydrogens (tertiary/aromatic N) is 3. The number of aromatic hydroxyl groups is 1. The zero-order chi connectivity index (χ0) is 17.9. The molecule has 0 atom stereocenters. The van der Waals surface area contributed by atoms with Crippen molar-refractivity contribution in [1.29, 1.82) is 0 Å². The van der Waals surface area contributed by atoms with E-state index in [1.54, 1.807) is 19.4 Å². The first-order valence-electron chi connectivity index (χ1n) is 8.58. The normalized spacial score (nSPS) is 11.4. The quantitative estimate of drug-likeness (QED) is 0.367. The molecule has 0 unspecified atom stereocenters. The van der Waals surface area contributed by atoms with Gasteiger partial charge in [-0.3, -0.25) is 9.67 Å². The number of aromatic nitrogens is 2. The Bertz CT molecular complexity index is 655. The molecule has 1 heterocycles. The molecule has 0 aliphatic heterocycles. The number of rotatable bonds is 9. The number of aryl methyl sites for hydroxylation is 1. The number of ether oxygens (including phenoxy) is 1. The summed E-state index contributed by atoms with van der Waals surface area (Å²) >= 11 is 0. The molecule has 0 saturated heterocycles. The van der Waals surface area contributed by atoms with E-state index in [0.29, 0.717) is 18.7 Å². The van der Waals surface area contributed by atoms with Crippen molar-refractivity contribution < 1.29 is 9.84 Å². The van der Waals surface area contributed by atoms with Crippen molar-refractivity contribution in [2.24, 2.45) is 4.99 Å². The molecular weight excluding hydrogens is 318 g/mol. The minimum Gasteiger partial charge on any atom is -0.508 e. The highest BCUT2D eigenvalue weighted by molar-refractivity contribution is 5.79. The van der Waals surface area contributed by atoms with E-state index >= 15 is 0 Å². The Morgan fingerprint density at radius 3 is 2.92 bits per heavy atom. The second kappa shape index (κ2) is 10.2. The third-order valence-corrected chi connectivity index (χ3v) is 3.70. The third kappa shape index (κ3) is 6.37. The van der Waals surface area contributed by atoms with Crippen LogP contribution in [0.2, 0.25) is 0 Å². The summed E-state index contributed by atoms with van der Waals surface area (Å²) < 4.78 is 7.00. The van der Waals surface area contributed by atoms with Gasteiger partial charge in [-0.15, -0.1) is 0 Å². The van der Waals surface area contributed by atoms with Crippen molar-refractivity contribution in [3.05, 3.63) is 42.2 Å². The van der Waals surface area contributed by atoms with Crippen LogP contribution in [0.4, 0.5) is 0 Å². The van der Waals surface area contributed by atoms with Crippen molar-refractivity contribution in [2.75, 3.05) is 26.7 Å². The first kappa shape index (κ1) is 18.6. The number of methoxy groups -OCH3 is 1. The summed E-state index contributed by atoms with van der Waals surface area (Å²) in [7, 11) is 1.58. The van der Waals surface area contributed by atoms with Gasteiger partial charge in [0.2, 0.25) is 0 Å². The van der Waals surface area contributed by atoms with Crippen molar-refractivity contribution in [1.82, 2.24) is 20.4 Å². The van der Waals surface area contributed by atoms with E-state index in [1.165, 1.54) is 0 Å². The molecule has 0 aliphatic carbocycles. The lowest BCUT2D eigenvalue weighted by atomic mass is 10.1. The molecule has 0 bridgehead atoms. The van der Waals surface area contributed by atoms with Gasteiger partial charge in [0.15, 0.2) is 5.96 Å². The van der Waals surface area contributed by atoms with Crippen molar-refractivity contribution in [3.8, 4) is 11.5 Å². The lowest BCUT2D eigenvalue weighted by Crippen LogP contribution is -2.38. The Morgan fingerprint density at radius 2 is 2.24 bits per heavy atom. The minimum absolute atomic E-state index is 0.252. The molecule has 0 saturated carbocycles. The van der Waals surface area contributed by atoms with E-state index in [2.05, 4.69) is 20.7 Å². The van der Waals surface area contributed by atoms with Gasteiger partial charge in [-0.1, -0.05) is 6.07 Å². The first-order chi connectivity index (χ1) is 12.2. The highest BCUT2D eigenvalue weighted by Gasteiger charge is 2.04. The number of hydrogen-bond donors (Lipinski definition) is 3. The molecule has 7 nitrogen and oxygen atoms in total. The van der Waals surface area contributed by atoms with Crippen molar-refractivity contribution in [2.45, 2.75) is 26.3 Å². The zero-order valence-corrected chi connectivity index (χ0v) is 14.9. The highest BCUT2D eigenvalue weighted by atomic mass is 16.5. The Hall–Kier alpha value is -2.70. The van der Waals surface area contributed by atoms with E-state index in [4.69, 9.17) is 4.74 Å². The van der Waals surface area contributed by atoms with Gasteiger partial charge in [0, 0.05) is 44.6 Å². The lowest BCUT2D eigenvalue weighted by Gasteiger charge is -2.12. The molecule has 25 heavy (non-hydrogen) atoms. The Morgan fingerprint density at radius 1 is 1.36 bits per heavy atom. The molecule has 0 fully saturated rings. The zero-order valence-electron chi connectivity index (χ0n) is 14.9. The average Bonchev–Trinajstić information content (AvgIpc) is 3.13. The number of phenolic OH excluding ortho intramolecular Hbond substituents is 1. The number of hydrogen-bond acceptors (Lipinski definition) is 4. The first-order valence-corrected chi connectivity index (χ1v) is 8.58. The number of phenols is 1. The third-order valence-electron chi connectivity index (χ3n) is 3.70. The maximum Gasteiger partial charge on any atom is 0.191 e. The van der Waals surface area contributed by atoms with E-state index in [-0.39, 0.29) is 5.75 Å². The van der Waals surface area contributed by atoms with Crippen LogP contribution in [-0.2, 0) is 13.0 Å².